The Kier molecular flexibility index (Phi) is 5.69. The van der Waals surface area contributed by atoms with Gasteiger partial charge in [0, 0.05) is 6.07 Å². The number of anilines is 1. The summed E-state index contributed by atoms with van der Waals surface area (Å²) >= 11 is 0. The van der Waals surface area contributed by atoms with E-state index in [-0.39, 0.29) is 11.7 Å². The monoisotopic (exact) mass is 408 g/mol. The van der Waals surface area contributed by atoms with Gasteiger partial charge < -0.3 is 5.32 Å². The van der Waals surface area contributed by atoms with Crippen molar-refractivity contribution in [3.63, 3.8) is 0 Å². The van der Waals surface area contributed by atoms with E-state index < -0.39 is 33.6 Å². The molecule has 1 N–H and O–H groups in total. The number of hydrogen-bond donors (Lipinski definition) is 1. The molecule has 1 amide bonds. The maximum atomic E-state index is 13.6. The van der Waals surface area contributed by atoms with Gasteiger partial charge in [-0.25, -0.2) is 17.2 Å². The summed E-state index contributed by atoms with van der Waals surface area (Å²) in [5, 5.41) is 2.91. The summed E-state index contributed by atoms with van der Waals surface area (Å²) in [6.45, 7) is 1.42. The third-order valence-electron chi connectivity index (χ3n) is 4.93. The van der Waals surface area contributed by atoms with Crippen LogP contribution in [0, 0.1) is 11.6 Å². The lowest BCUT2D eigenvalue weighted by Gasteiger charge is -2.31. The van der Waals surface area contributed by atoms with E-state index in [0.717, 1.165) is 59.1 Å². The third-order valence-corrected chi connectivity index (χ3v) is 6.17. The molecule has 0 aromatic heterocycles. The zero-order valence-electron chi connectivity index (χ0n) is 15.7. The fraction of sp³-hybridized carbons (Fsp3) is 0.350. The van der Waals surface area contributed by atoms with E-state index in [1.165, 1.54) is 6.92 Å². The van der Waals surface area contributed by atoms with Crippen molar-refractivity contribution in [1.82, 2.24) is 5.32 Å². The van der Waals surface area contributed by atoms with Gasteiger partial charge in [0.2, 0.25) is 15.9 Å². The molecule has 0 radical (unpaired) electrons. The Balaban J connectivity index is 1.86. The maximum absolute atomic E-state index is 13.6. The summed E-state index contributed by atoms with van der Waals surface area (Å²) in [7, 11) is -3.91. The topological polar surface area (TPSA) is 66.5 Å². The Bertz CT molecular complexity index is 995. The second-order valence-corrected chi connectivity index (χ2v) is 8.84. The summed E-state index contributed by atoms with van der Waals surface area (Å²) in [6.07, 6.45) is 3.52. The van der Waals surface area contributed by atoms with Gasteiger partial charge in [-0.3, -0.25) is 9.10 Å². The van der Waals surface area contributed by atoms with E-state index in [2.05, 4.69) is 5.32 Å². The quantitative estimate of drug-likeness (QED) is 0.826. The third kappa shape index (κ3) is 4.16. The van der Waals surface area contributed by atoms with E-state index in [9.17, 15) is 22.0 Å². The first-order chi connectivity index (χ1) is 13.2. The van der Waals surface area contributed by atoms with E-state index in [1.807, 2.05) is 24.3 Å². The number of nitrogens with one attached hydrogen (secondary N) is 1. The van der Waals surface area contributed by atoms with Crippen molar-refractivity contribution in [2.24, 2.45) is 0 Å². The van der Waals surface area contributed by atoms with Gasteiger partial charge in [-0.05, 0) is 49.4 Å². The molecule has 150 valence electrons. The van der Waals surface area contributed by atoms with Gasteiger partial charge in [-0.1, -0.05) is 24.3 Å². The van der Waals surface area contributed by atoms with Gasteiger partial charge >= 0.3 is 0 Å². The predicted octanol–water partition coefficient (Wildman–Crippen LogP) is 3.31. The van der Waals surface area contributed by atoms with Crippen LogP contribution in [0.4, 0.5) is 14.5 Å². The predicted molar refractivity (Wildman–Crippen MR) is 103 cm³/mol. The van der Waals surface area contributed by atoms with E-state index in [1.54, 1.807) is 0 Å². The Morgan fingerprint density at radius 1 is 1.18 bits per heavy atom. The van der Waals surface area contributed by atoms with Crippen LogP contribution in [0.2, 0.25) is 0 Å². The number of halogens is 2. The molecule has 0 saturated carbocycles. The molecule has 0 fully saturated rings. The highest BCUT2D eigenvalue weighted by Crippen LogP contribution is 2.30. The second-order valence-electron chi connectivity index (χ2n) is 6.99. The van der Waals surface area contributed by atoms with E-state index in [4.69, 9.17) is 0 Å². The summed E-state index contributed by atoms with van der Waals surface area (Å²) in [6, 6.07) is 9.21. The van der Waals surface area contributed by atoms with Crippen molar-refractivity contribution in [2.75, 3.05) is 10.6 Å². The Hall–Kier alpha value is -2.48. The Labute approximate surface area is 163 Å². The molecule has 0 heterocycles. The highest BCUT2D eigenvalue weighted by atomic mass is 32.2. The second kappa shape index (κ2) is 7.87. The van der Waals surface area contributed by atoms with Crippen LogP contribution < -0.4 is 9.62 Å². The van der Waals surface area contributed by atoms with Crippen molar-refractivity contribution in [2.45, 2.75) is 38.3 Å². The number of rotatable bonds is 5. The van der Waals surface area contributed by atoms with Crippen molar-refractivity contribution < 1.29 is 22.0 Å². The first-order valence-corrected chi connectivity index (χ1v) is 10.9. The molecule has 0 bridgehead atoms. The lowest BCUT2D eigenvalue weighted by atomic mass is 9.87. The Morgan fingerprint density at radius 3 is 2.57 bits per heavy atom. The van der Waals surface area contributed by atoms with Gasteiger partial charge in [0.1, 0.15) is 6.04 Å². The number of nitrogens with zero attached hydrogens (tertiary/aromatic N) is 1. The summed E-state index contributed by atoms with van der Waals surface area (Å²) in [5.74, 6) is -2.77. The number of benzene rings is 2. The van der Waals surface area contributed by atoms with Crippen LogP contribution in [0.3, 0.4) is 0 Å². The van der Waals surface area contributed by atoms with Gasteiger partial charge in [-0.2, -0.15) is 0 Å². The van der Waals surface area contributed by atoms with Crippen LogP contribution in [0.15, 0.2) is 42.5 Å². The van der Waals surface area contributed by atoms with Crippen LogP contribution in [0.1, 0.15) is 36.9 Å². The number of aryl methyl sites for hydroxylation is 1. The van der Waals surface area contributed by atoms with Crippen LogP contribution in [-0.2, 0) is 21.2 Å². The van der Waals surface area contributed by atoms with E-state index in [0.29, 0.717) is 0 Å². The standard InChI is InChI=1S/C20H22F2N2O3S/c1-13(24(28(2,26)27)15-10-11-17(21)18(22)12-15)20(25)23-19-9-5-7-14-6-3-4-8-16(14)19/h3-4,6,8,10-13,19H,5,7,9H2,1-2H3,(H,23,25). The van der Waals surface area contributed by atoms with E-state index >= 15 is 0 Å². The highest BCUT2D eigenvalue weighted by molar-refractivity contribution is 7.92. The zero-order valence-corrected chi connectivity index (χ0v) is 16.5. The first kappa shape index (κ1) is 20.3. The molecule has 1 aliphatic rings. The molecule has 8 heteroatoms. The lowest BCUT2D eigenvalue weighted by molar-refractivity contribution is -0.122. The van der Waals surface area contributed by atoms with Crippen LogP contribution in [0.25, 0.3) is 0 Å². The van der Waals surface area contributed by atoms with Crippen molar-refractivity contribution >= 4 is 21.6 Å². The smallest absolute Gasteiger partial charge is 0.244 e. The van der Waals surface area contributed by atoms with Gasteiger partial charge in [0.15, 0.2) is 11.6 Å². The van der Waals surface area contributed by atoms with Crippen LogP contribution in [0.5, 0.6) is 0 Å². The molecule has 3 rings (SSSR count). The average Bonchev–Trinajstić information content (AvgIpc) is 2.64. The van der Waals surface area contributed by atoms with Gasteiger partial charge in [-0.15, -0.1) is 0 Å². The molecule has 2 atom stereocenters. The number of amides is 1. The molecule has 0 spiro atoms. The average molecular weight is 408 g/mol. The normalized spacial score (nSPS) is 17.5. The largest absolute Gasteiger partial charge is 0.347 e. The molecule has 5 nitrogen and oxygen atoms in total. The van der Waals surface area contributed by atoms with Crippen molar-refractivity contribution in [3.8, 4) is 0 Å². The summed E-state index contributed by atoms with van der Waals surface area (Å²) < 4.78 is 52.3. The summed E-state index contributed by atoms with van der Waals surface area (Å²) in [4.78, 5) is 12.8. The minimum absolute atomic E-state index is 0.104. The zero-order chi connectivity index (χ0) is 20.5. The number of carbonyl (C=O) groups excluding carboxylic acids is 1. The molecular formula is C20H22F2N2O3S. The van der Waals surface area contributed by atoms with Crippen LogP contribution >= 0.6 is 0 Å². The number of carbonyl (C=O) groups is 1. The van der Waals surface area contributed by atoms with Crippen LogP contribution in [-0.4, -0.2) is 26.6 Å². The number of hydrogen-bond acceptors (Lipinski definition) is 3. The van der Waals surface area contributed by atoms with Gasteiger partial charge in [0.25, 0.3) is 0 Å². The molecule has 2 aromatic carbocycles. The minimum Gasteiger partial charge on any atom is -0.347 e. The molecule has 2 aromatic rings. The fourth-order valence-corrected chi connectivity index (χ4v) is 4.79. The molecule has 1 aliphatic carbocycles. The number of sulfonamides is 1. The maximum Gasteiger partial charge on any atom is 0.244 e. The van der Waals surface area contributed by atoms with Crippen molar-refractivity contribution in [1.29, 1.82) is 0 Å². The minimum atomic E-state index is -3.91. The number of fused-ring (bicyclic) bond motifs is 1. The van der Waals surface area contributed by atoms with Crippen molar-refractivity contribution in [3.05, 3.63) is 65.2 Å². The molecule has 28 heavy (non-hydrogen) atoms. The van der Waals surface area contributed by atoms with Gasteiger partial charge in [0.05, 0.1) is 18.0 Å². The fourth-order valence-electron chi connectivity index (χ4n) is 3.63. The molecule has 2 unspecified atom stereocenters. The SMILES string of the molecule is CC(C(=O)NC1CCCc2ccccc21)N(c1ccc(F)c(F)c1)S(C)(=O)=O. The molecule has 0 aliphatic heterocycles. The lowest BCUT2D eigenvalue weighted by Crippen LogP contribution is -2.49. The first-order valence-electron chi connectivity index (χ1n) is 9.01. The molecule has 0 saturated heterocycles. The Morgan fingerprint density at radius 2 is 1.89 bits per heavy atom. The molecular weight excluding hydrogens is 386 g/mol. The highest BCUT2D eigenvalue weighted by Gasteiger charge is 2.32. The summed E-state index contributed by atoms with van der Waals surface area (Å²) in [5.41, 5.74) is 2.08.